The summed E-state index contributed by atoms with van der Waals surface area (Å²) < 4.78 is 16.3. The minimum atomic E-state index is -0.288. The summed E-state index contributed by atoms with van der Waals surface area (Å²) in [5, 5.41) is 0. The third-order valence-corrected chi connectivity index (χ3v) is 5.31. The molecule has 6 heteroatoms. The van der Waals surface area contributed by atoms with Gasteiger partial charge in [-0.25, -0.2) is 9.37 Å². The monoisotopic (exact) mass is 378 g/mol. The second kappa shape index (κ2) is 6.24. The van der Waals surface area contributed by atoms with E-state index >= 15 is 0 Å². The molecule has 0 atom stereocenters. The maximum absolute atomic E-state index is 13.7. The molecule has 2 rings (SSSR count). The lowest BCUT2D eigenvalue weighted by Gasteiger charge is -2.24. The van der Waals surface area contributed by atoms with Crippen molar-refractivity contribution in [3.8, 4) is 0 Å². The van der Waals surface area contributed by atoms with Gasteiger partial charge >= 0.3 is 0 Å². The van der Waals surface area contributed by atoms with Crippen LogP contribution in [0.4, 0.5) is 4.39 Å². The SMILES string of the molecule is CSC(C)(C)Cn1c(CCCl)nc2cc(F)c(Br)cc21. The van der Waals surface area contributed by atoms with E-state index in [0.29, 0.717) is 22.3 Å². The first-order chi connectivity index (χ1) is 9.38. The van der Waals surface area contributed by atoms with Crippen molar-refractivity contribution >= 4 is 50.3 Å². The van der Waals surface area contributed by atoms with E-state index in [-0.39, 0.29) is 10.6 Å². The first-order valence-corrected chi connectivity index (χ1v) is 8.88. The number of imidazole rings is 1. The quantitative estimate of drug-likeness (QED) is 0.690. The number of alkyl halides is 1. The van der Waals surface area contributed by atoms with Gasteiger partial charge in [-0.1, -0.05) is 0 Å². The maximum atomic E-state index is 13.7. The van der Waals surface area contributed by atoms with Crippen molar-refractivity contribution in [1.29, 1.82) is 0 Å². The molecule has 0 spiro atoms. The fourth-order valence-corrected chi connectivity index (χ4v) is 2.83. The summed E-state index contributed by atoms with van der Waals surface area (Å²) in [6, 6.07) is 3.27. The molecule has 2 nitrogen and oxygen atoms in total. The highest BCUT2D eigenvalue weighted by molar-refractivity contribution is 9.10. The van der Waals surface area contributed by atoms with Gasteiger partial charge in [-0.05, 0) is 42.1 Å². The van der Waals surface area contributed by atoms with Crippen molar-refractivity contribution in [3.05, 3.63) is 28.2 Å². The molecule has 0 saturated carbocycles. The van der Waals surface area contributed by atoms with Gasteiger partial charge in [0.2, 0.25) is 0 Å². The van der Waals surface area contributed by atoms with Gasteiger partial charge in [-0.2, -0.15) is 11.8 Å². The average Bonchev–Trinajstić information content (AvgIpc) is 2.68. The first kappa shape index (κ1) is 16.1. The third kappa shape index (κ3) is 3.31. The highest BCUT2D eigenvalue weighted by Crippen LogP contribution is 2.29. The summed E-state index contributed by atoms with van der Waals surface area (Å²) in [5.74, 6) is 1.13. The number of halogens is 3. The molecule has 0 unspecified atom stereocenters. The Morgan fingerprint density at radius 3 is 2.75 bits per heavy atom. The zero-order chi connectivity index (χ0) is 14.9. The van der Waals surface area contributed by atoms with E-state index in [9.17, 15) is 4.39 Å². The van der Waals surface area contributed by atoms with Crippen LogP contribution in [0.1, 0.15) is 19.7 Å². The van der Waals surface area contributed by atoms with E-state index in [4.69, 9.17) is 11.6 Å². The van der Waals surface area contributed by atoms with Crippen LogP contribution in [-0.4, -0.2) is 26.4 Å². The first-order valence-electron chi connectivity index (χ1n) is 6.33. The van der Waals surface area contributed by atoms with Gasteiger partial charge in [-0.3, -0.25) is 0 Å². The minimum Gasteiger partial charge on any atom is -0.327 e. The van der Waals surface area contributed by atoms with E-state index in [1.165, 1.54) is 6.07 Å². The second-order valence-corrected chi connectivity index (χ2v) is 8.02. The van der Waals surface area contributed by atoms with Crippen molar-refractivity contribution in [2.24, 2.45) is 0 Å². The molecule has 1 aromatic carbocycles. The minimum absolute atomic E-state index is 0.0789. The Morgan fingerprint density at radius 1 is 1.45 bits per heavy atom. The normalized spacial score (nSPS) is 12.3. The molecule has 0 saturated heterocycles. The number of hydrogen-bond donors (Lipinski definition) is 0. The average molecular weight is 380 g/mol. The Balaban J connectivity index is 2.58. The standard InChI is InChI=1S/C14H17BrClFN2S/c1-14(2,20-3)8-19-12-6-9(15)10(17)7-11(12)18-13(19)4-5-16/h6-7H,4-5,8H2,1-3H3. The van der Waals surface area contributed by atoms with Gasteiger partial charge in [0.1, 0.15) is 11.6 Å². The van der Waals surface area contributed by atoms with E-state index in [2.05, 4.69) is 45.6 Å². The molecule has 20 heavy (non-hydrogen) atoms. The summed E-state index contributed by atoms with van der Waals surface area (Å²) in [6.45, 7) is 5.19. The van der Waals surface area contributed by atoms with Crippen LogP contribution in [0.5, 0.6) is 0 Å². The molecule has 0 N–H and O–H groups in total. The summed E-state index contributed by atoms with van der Waals surface area (Å²) in [5.41, 5.74) is 1.63. The number of benzene rings is 1. The Kier molecular flexibility index (Phi) is 5.03. The number of aryl methyl sites for hydroxylation is 1. The Labute approximate surface area is 136 Å². The van der Waals surface area contributed by atoms with Gasteiger partial charge in [0.05, 0.1) is 15.5 Å². The summed E-state index contributed by atoms with van der Waals surface area (Å²) in [7, 11) is 0. The van der Waals surface area contributed by atoms with Crippen LogP contribution in [0.15, 0.2) is 16.6 Å². The molecular formula is C14H17BrClFN2S. The van der Waals surface area contributed by atoms with Crippen LogP contribution >= 0.6 is 39.3 Å². The van der Waals surface area contributed by atoms with E-state index in [0.717, 1.165) is 17.9 Å². The predicted molar refractivity (Wildman–Crippen MR) is 89.4 cm³/mol. The number of rotatable bonds is 5. The van der Waals surface area contributed by atoms with E-state index in [1.54, 1.807) is 17.8 Å². The van der Waals surface area contributed by atoms with Gasteiger partial charge in [-0.15, -0.1) is 11.6 Å². The number of hydrogen-bond acceptors (Lipinski definition) is 2. The second-order valence-electron chi connectivity index (χ2n) is 5.27. The number of fused-ring (bicyclic) bond motifs is 1. The molecule has 0 aliphatic carbocycles. The fraction of sp³-hybridized carbons (Fsp3) is 0.500. The van der Waals surface area contributed by atoms with Crippen LogP contribution in [0.2, 0.25) is 0 Å². The molecular weight excluding hydrogens is 363 g/mol. The van der Waals surface area contributed by atoms with Gasteiger partial charge in [0.25, 0.3) is 0 Å². The zero-order valence-electron chi connectivity index (χ0n) is 11.7. The molecule has 0 aliphatic heterocycles. The maximum Gasteiger partial charge on any atom is 0.139 e. The summed E-state index contributed by atoms with van der Waals surface area (Å²) >= 11 is 10.9. The predicted octanol–water partition coefficient (Wildman–Crippen LogP) is 4.86. The molecule has 1 aromatic heterocycles. The van der Waals surface area contributed by atoms with Gasteiger partial charge in [0.15, 0.2) is 0 Å². The van der Waals surface area contributed by atoms with E-state index < -0.39 is 0 Å². The lowest BCUT2D eigenvalue weighted by atomic mass is 10.2. The summed E-state index contributed by atoms with van der Waals surface area (Å²) in [4.78, 5) is 4.53. The highest BCUT2D eigenvalue weighted by atomic mass is 79.9. The van der Waals surface area contributed by atoms with Gasteiger partial charge < -0.3 is 4.57 Å². The van der Waals surface area contributed by atoms with Gasteiger partial charge in [0, 0.05) is 29.7 Å². The number of nitrogens with zero attached hydrogens (tertiary/aromatic N) is 2. The molecule has 0 amide bonds. The Hall–Kier alpha value is -0.260. The lowest BCUT2D eigenvalue weighted by molar-refractivity contribution is 0.561. The molecule has 0 radical (unpaired) electrons. The van der Waals surface area contributed by atoms with Crippen molar-refractivity contribution in [2.45, 2.75) is 31.6 Å². The van der Waals surface area contributed by atoms with Crippen LogP contribution in [0.3, 0.4) is 0 Å². The molecule has 0 fully saturated rings. The van der Waals surface area contributed by atoms with Crippen molar-refractivity contribution < 1.29 is 4.39 Å². The number of aromatic nitrogens is 2. The molecule has 110 valence electrons. The van der Waals surface area contributed by atoms with Crippen molar-refractivity contribution in [2.75, 3.05) is 12.1 Å². The fourth-order valence-electron chi connectivity index (χ4n) is 2.07. The molecule has 1 heterocycles. The van der Waals surface area contributed by atoms with E-state index in [1.807, 2.05) is 0 Å². The highest BCUT2D eigenvalue weighted by Gasteiger charge is 2.21. The summed E-state index contributed by atoms with van der Waals surface area (Å²) in [6.07, 6.45) is 2.77. The largest absolute Gasteiger partial charge is 0.327 e. The Morgan fingerprint density at radius 2 is 2.15 bits per heavy atom. The van der Waals surface area contributed by atoms with Crippen molar-refractivity contribution in [3.63, 3.8) is 0 Å². The van der Waals surface area contributed by atoms with Crippen LogP contribution in [0, 0.1) is 5.82 Å². The Bertz CT molecular complexity index is 627. The van der Waals surface area contributed by atoms with Crippen LogP contribution in [0.25, 0.3) is 11.0 Å². The van der Waals surface area contributed by atoms with Crippen molar-refractivity contribution in [1.82, 2.24) is 9.55 Å². The molecule has 0 aliphatic rings. The third-order valence-electron chi connectivity index (χ3n) is 3.28. The number of thioether (sulfide) groups is 1. The lowest BCUT2D eigenvalue weighted by Crippen LogP contribution is -2.23. The zero-order valence-corrected chi connectivity index (χ0v) is 14.9. The molecule has 0 bridgehead atoms. The smallest absolute Gasteiger partial charge is 0.139 e. The molecule has 2 aromatic rings. The topological polar surface area (TPSA) is 17.8 Å². The van der Waals surface area contributed by atoms with Crippen LogP contribution < -0.4 is 0 Å². The van der Waals surface area contributed by atoms with Crippen LogP contribution in [-0.2, 0) is 13.0 Å².